The summed E-state index contributed by atoms with van der Waals surface area (Å²) in [5.74, 6) is 1.32. The summed E-state index contributed by atoms with van der Waals surface area (Å²) in [6, 6.07) is 18.1. The monoisotopic (exact) mass is 564 g/mol. The number of hydrogen-bond acceptors (Lipinski definition) is 7. The fourth-order valence-electron chi connectivity index (χ4n) is 3.64. The van der Waals surface area contributed by atoms with Crippen LogP contribution in [0.2, 0.25) is 0 Å². The van der Waals surface area contributed by atoms with E-state index in [1.807, 2.05) is 20.8 Å². The number of para-hydroxylation sites is 2. The zero-order chi connectivity index (χ0) is 28.8. The molecular weight excluding hydrogens is 532 g/mol. The van der Waals surface area contributed by atoms with Crippen LogP contribution in [0.3, 0.4) is 0 Å². The Morgan fingerprint density at radius 3 is 2.52 bits per heavy atom. The number of carbonyl (C=O) groups is 1. The van der Waals surface area contributed by atoms with Gasteiger partial charge in [0.05, 0.1) is 34.8 Å². The number of anilines is 2. The van der Waals surface area contributed by atoms with Crippen molar-refractivity contribution in [3.63, 3.8) is 0 Å². The van der Waals surface area contributed by atoms with Crippen molar-refractivity contribution >= 4 is 27.6 Å². The van der Waals surface area contributed by atoms with Crippen LogP contribution >= 0.6 is 0 Å². The average molecular weight is 565 g/mol. The van der Waals surface area contributed by atoms with E-state index in [9.17, 15) is 13.2 Å². The number of urea groups is 1. The predicted octanol–water partition coefficient (Wildman–Crippen LogP) is 4.93. The van der Waals surface area contributed by atoms with Gasteiger partial charge in [-0.2, -0.15) is 5.10 Å². The summed E-state index contributed by atoms with van der Waals surface area (Å²) < 4.78 is 40.4. The number of ether oxygens (including phenoxy) is 2. The number of methoxy groups -OCH3 is 1. The topological polar surface area (TPSA) is 136 Å². The summed E-state index contributed by atoms with van der Waals surface area (Å²) in [6.45, 7) is 6.37. The van der Waals surface area contributed by atoms with Gasteiger partial charge in [-0.1, -0.05) is 39.0 Å². The molecule has 2 heterocycles. The molecule has 0 saturated heterocycles. The smallest absolute Gasteiger partial charge is 0.324 e. The Hall–Kier alpha value is -4.26. The summed E-state index contributed by atoms with van der Waals surface area (Å²) in [7, 11) is -2.28. The highest BCUT2D eigenvalue weighted by atomic mass is 32.2. The van der Waals surface area contributed by atoms with Gasteiger partial charge in [0.2, 0.25) is 10.0 Å². The lowest BCUT2D eigenvalue weighted by atomic mass is 9.92. The number of carbonyl (C=O) groups excluding carboxylic acids is 1. The minimum Gasteiger partial charge on any atom is -0.454 e. The molecule has 2 aromatic carbocycles. The molecule has 11 nitrogen and oxygen atoms in total. The number of benzene rings is 2. The van der Waals surface area contributed by atoms with Gasteiger partial charge in [0.1, 0.15) is 11.6 Å². The third-order valence-corrected chi connectivity index (χ3v) is 7.15. The third-order valence-electron chi connectivity index (χ3n) is 5.69. The first-order valence-electron chi connectivity index (χ1n) is 12.5. The van der Waals surface area contributed by atoms with Crippen LogP contribution in [0.5, 0.6) is 11.5 Å². The van der Waals surface area contributed by atoms with E-state index in [1.54, 1.807) is 67.0 Å². The number of hydrogen-bond donors (Lipinski definition) is 3. The Balaban J connectivity index is 1.61. The number of amides is 2. The minimum atomic E-state index is -3.78. The van der Waals surface area contributed by atoms with E-state index in [2.05, 4.69) is 20.3 Å². The Kier molecular flexibility index (Phi) is 8.83. The fourth-order valence-corrected chi connectivity index (χ4v) is 4.69. The summed E-state index contributed by atoms with van der Waals surface area (Å²) in [6.07, 6.45) is 3.22. The van der Waals surface area contributed by atoms with E-state index in [0.717, 1.165) is 0 Å². The quantitative estimate of drug-likeness (QED) is 0.232. The van der Waals surface area contributed by atoms with Crippen molar-refractivity contribution in [2.24, 2.45) is 0 Å². The zero-order valence-corrected chi connectivity index (χ0v) is 23.5. The molecule has 0 aliphatic carbocycles. The molecule has 0 bridgehead atoms. The molecule has 0 fully saturated rings. The molecule has 4 rings (SSSR count). The van der Waals surface area contributed by atoms with Crippen molar-refractivity contribution in [1.29, 1.82) is 0 Å². The number of nitrogens with one attached hydrogen (secondary N) is 3. The molecule has 0 aliphatic rings. The Labute approximate surface area is 233 Å². The van der Waals surface area contributed by atoms with Gasteiger partial charge in [-0.05, 0) is 42.5 Å². The number of pyridine rings is 1. The van der Waals surface area contributed by atoms with Gasteiger partial charge in [0, 0.05) is 31.3 Å². The van der Waals surface area contributed by atoms with Crippen molar-refractivity contribution in [3.05, 3.63) is 84.8 Å². The molecule has 4 aromatic rings. The van der Waals surface area contributed by atoms with Crippen LogP contribution < -0.4 is 20.1 Å². The maximum atomic E-state index is 13.2. The lowest BCUT2D eigenvalue weighted by Crippen LogP contribution is -2.27. The van der Waals surface area contributed by atoms with Crippen LogP contribution in [-0.2, 0) is 20.2 Å². The number of sulfonamides is 1. The highest BCUT2D eigenvalue weighted by Crippen LogP contribution is 2.30. The van der Waals surface area contributed by atoms with Crippen LogP contribution in [0.4, 0.5) is 16.3 Å². The maximum Gasteiger partial charge on any atom is 0.324 e. The molecule has 0 saturated carbocycles. The lowest BCUT2D eigenvalue weighted by molar-refractivity contribution is 0.204. The molecule has 40 heavy (non-hydrogen) atoms. The van der Waals surface area contributed by atoms with Crippen molar-refractivity contribution in [2.45, 2.75) is 31.1 Å². The van der Waals surface area contributed by atoms with E-state index in [-0.39, 0.29) is 23.5 Å². The summed E-state index contributed by atoms with van der Waals surface area (Å²) in [5, 5.41) is 10.3. The van der Waals surface area contributed by atoms with Crippen LogP contribution in [0.1, 0.15) is 26.5 Å². The van der Waals surface area contributed by atoms with Crippen LogP contribution in [0.25, 0.3) is 5.69 Å². The van der Waals surface area contributed by atoms with E-state index >= 15 is 0 Å². The van der Waals surface area contributed by atoms with Crippen molar-refractivity contribution in [3.8, 4) is 17.2 Å². The molecule has 0 radical (unpaired) electrons. The lowest BCUT2D eigenvalue weighted by Gasteiger charge is -2.14. The van der Waals surface area contributed by atoms with Gasteiger partial charge in [0.25, 0.3) is 0 Å². The van der Waals surface area contributed by atoms with Gasteiger partial charge < -0.3 is 14.8 Å². The highest BCUT2D eigenvalue weighted by molar-refractivity contribution is 7.89. The SMILES string of the molecule is COCCNS(=O)(=O)c1cccc(-n2nc(C(C)(C)C)cc2NC(=O)Nc2ccccc2Oc2cccnc2)c1. The summed E-state index contributed by atoms with van der Waals surface area (Å²) in [4.78, 5) is 17.3. The summed E-state index contributed by atoms with van der Waals surface area (Å²) >= 11 is 0. The first-order chi connectivity index (χ1) is 19.1. The average Bonchev–Trinajstić information content (AvgIpc) is 3.35. The van der Waals surface area contributed by atoms with Gasteiger partial charge in [-0.25, -0.2) is 22.6 Å². The number of aromatic nitrogens is 3. The van der Waals surface area contributed by atoms with Crippen LogP contribution in [-0.4, -0.2) is 49.5 Å². The molecule has 12 heteroatoms. The first kappa shape index (κ1) is 28.7. The fraction of sp³-hybridized carbons (Fsp3) is 0.250. The van der Waals surface area contributed by atoms with E-state index in [4.69, 9.17) is 14.6 Å². The largest absolute Gasteiger partial charge is 0.454 e. The Morgan fingerprint density at radius 2 is 1.80 bits per heavy atom. The van der Waals surface area contributed by atoms with Crippen LogP contribution in [0, 0.1) is 0 Å². The third kappa shape index (κ3) is 7.23. The minimum absolute atomic E-state index is 0.0609. The molecule has 0 atom stereocenters. The first-order valence-corrected chi connectivity index (χ1v) is 14.0. The van der Waals surface area contributed by atoms with Crippen molar-refractivity contribution < 1.29 is 22.7 Å². The predicted molar refractivity (Wildman–Crippen MR) is 153 cm³/mol. The van der Waals surface area contributed by atoms with E-state index in [0.29, 0.717) is 34.4 Å². The molecule has 3 N–H and O–H groups in total. The van der Waals surface area contributed by atoms with E-state index in [1.165, 1.54) is 23.9 Å². The van der Waals surface area contributed by atoms with Gasteiger partial charge in [-0.15, -0.1) is 0 Å². The Bertz CT molecular complexity index is 1570. The van der Waals surface area contributed by atoms with Crippen molar-refractivity contribution in [2.75, 3.05) is 30.9 Å². The molecule has 2 amide bonds. The van der Waals surface area contributed by atoms with Gasteiger partial charge in [-0.3, -0.25) is 10.3 Å². The second-order valence-electron chi connectivity index (χ2n) is 9.83. The van der Waals surface area contributed by atoms with E-state index < -0.39 is 16.1 Å². The maximum absolute atomic E-state index is 13.2. The summed E-state index contributed by atoms with van der Waals surface area (Å²) in [5.41, 5.74) is 1.27. The van der Waals surface area contributed by atoms with Gasteiger partial charge >= 0.3 is 6.03 Å². The standard InChI is InChI=1S/C28H32N6O5S/c1-28(2,3)25-18-26(34(33-25)20-9-7-11-22(17-20)40(36,37)30-15-16-38-4)32-27(35)31-23-12-5-6-13-24(23)39-21-10-8-14-29-19-21/h5-14,17-19,30H,15-16H2,1-4H3,(H2,31,32,35). The molecule has 210 valence electrons. The molecular formula is C28H32N6O5S. The highest BCUT2D eigenvalue weighted by Gasteiger charge is 2.23. The number of nitrogens with zero attached hydrogens (tertiary/aromatic N) is 3. The number of rotatable bonds is 10. The van der Waals surface area contributed by atoms with Gasteiger partial charge in [0.15, 0.2) is 5.75 Å². The molecule has 0 unspecified atom stereocenters. The Morgan fingerprint density at radius 1 is 1.00 bits per heavy atom. The second kappa shape index (κ2) is 12.3. The normalized spacial score (nSPS) is 11.7. The molecule has 2 aromatic heterocycles. The second-order valence-corrected chi connectivity index (χ2v) is 11.6. The van der Waals surface area contributed by atoms with Crippen molar-refractivity contribution in [1.82, 2.24) is 19.5 Å². The molecule has 0 spiro atoms. The van der Waals surface area contributed by atoms with Crippen LogP contribution in [0.15, 0.2) is 84.0 Å². The molecule has 0 aliphatic heterocycles. The zero-order valence-electron chi connectivity index (χ0n) is 22.7.